The lowest BCUT2D eigenvalue weighted by Gasteiger charge is -2.27. The summed E-state index contributed by atoms with van der Waals surface area (Å²) in [5.41, 5.74) is 2.64. The highest BCUT2D eigenvalue weighted by molar-refractivity contribution is 5.92. The first-order valence-corrected chi connectivity index (χ1v) is 8.59. The summed E-state index contributed by atoms with van der Waals surface area (Å²) >= 11 is 0. The average Bonchev–Trinajstić information content (AvgIpc) is 3.41. The van der Waals surface area contributed by atoms with Gasteiger partial charge < -0.3 is 13.7 Å². The van der Waals surface area contributed by atoms with Crippen molar-refractivity contribution >= 4 is 11.8 Å². The second-order valence-corrected chi connectivity index (χ2v) is 6.23. The largest absolute Gasteiger partial charge is 0.442 e. The zero-order valence-corrected chi connectivity index (χ0v) is 14.6. The van der Waals surface area contributed by atoms with E-state index in [-0.39, 0.29) is 11.7 Å². The second-order valence-electron chi connectivity index (χ2n) is 6.23. The lowest BCUT2D eigenvalue weighted by Crippen LogP contribution is -2.36. The van der Waals surface area contributed by atoms with Gasteiger partial charge in [0.25, 0.3) is 5.91 Å². The number of nitro groups is 1. The van der Waals surface area contributed by atoms with Crippen LogP contribution in [-0.2, 0) is 19.5 Å². The van der Waals surface area contributed by atoms with E-state index in [1.165, 1.54) is 18.5 Å². The molecule has 0 saturated heterocycles. The molecule has 0 fully saturated rings. The van der Waals surface area contributed by atoms with E-state index in [2.05, 4.69) is 17.0 Å². The van der Waals surface area contributed by atoms with Crippen LogP contribution < -0.4 is 0 Å². The molecule has 1 aliphatic rings. The molecule has 4 rings (SSSR count). The minimum atomic E-state index is -0.665. The predicted molar refractivity (Wildman–Crippen MR) is 91.8 cm³/mol. The first kappa shape index (κ1) is 17.0. The third-order valence-electron chi connectivity index (χ3n) is 4.50. The van der Waals surface area contributed by atoms with Crippen molar-refractivity contribution in [3.63, 3.8) is 0 Å². The summed E-state index contributed by atoms with van der Waals surface area (Å²) in [5, 5.41) is 15.4. The van der Waals surface area contributed by atoms with Gasteiger partial charge in [-0.25, -0.2) is 4.98 Å². The van der Waals surface area contributed by atoms with Crippen molar-refractivity contribution in [1.29, 1.82) is 0 Å². The van der Waals surface area contributed by atoms with Crippen LogP contribution in [0.1, 0.15) is 35.2 Å². The van der Waals surface area contributed by atoms with Gasteiger partial charge in [0.1, 0.15) is 10.6 Å². The Balaban J connectivity index is 1.65. The summed E-state index contributed by atoms with van der Waals surface area (Å²) in [7, 11) is 0. The summed E-state index contributed by atoms with van der Waals surface area (Å²) < 4.78 is 12.4. The molecule has 0 radical (unpaired) electrons. The van der Waals surface area contributed by atoms with Crippen LogP contribution in [0.5, 0.6) is 0 Å². The molecular weight excluding hydrogens is 354 g/mol. The van der Waals surface area contributed by atoms with Crippen molar-refractivity contribution in [3.8, 4) is 11.5 Å². The number of furan rings is 1. The Morgan fingerprint density at radius 2 is 2.26 bits per heavy atom. The molecule has 0 aromatic carbocycles. The number of amides is 1. The van der Waals surface area contributed by atoms with Crippen molar-refractivity contribution in [2.45, 2.75) is 32.9 Å². The first-order valence-electron chi connectivity index (χ1n) is 8.59. The topological polar surface area (TPSA) is 120 Å². The zero-order valence-electron chi connectivity index (χ0n) is 14.6. The summed E-state index contributed by atoms with van der Waals surface area (Å²) in [5.74, 6) is -0.342. The van der Waals surface area contributed by atoms with Gasteiger partial charge in [0.05, 0.1) is 18.8 Å². The lowest BCUT2D eigenvalue weighted by molar-refractivity contribution is -0.402. The molecule has 1 aliphatic heterocycles. The Kier molecular flexibility index (Phi) is 4.22. The van der Waals surface area contributed by atoms with E-state index in [0.717, 1.165) is 24.2 Å². The van der Waals surface area contributed by atoms with Crippen LogP contribution in [0.25, 0.3) is 11.5 Å². The lowest BCUT2D eigenvalue weighted by atomic mass is 10.0. The summed E-state index contributed by atoms with van der Waals surface area (Å²) in [6, 6.07) is 2.51. The van der Waals surface area contributed by atoms with E-state index >= 15 is 0 Å². The van der Waals surface area contributed by atoms with Crippen LogP contribution in [0, 0.1) is 10.1 Å². The van der Waals surface area contributed by atoms with Gasteiger partial charge >= 0.3 is 5.88 Å². The number of oxazole rings is 1. The maximum Gasteiger partial charge on any atom is 0.433 e. The molecule has 4 heterocycles. The number of hydrogen-bond donors (Lipinski definition) is 0. The Bertz CT molecular complexity index is 988. The molecule has 27 heavy (non-hydrogen) atoms. The monoisotopic (exact) mass is 371 g/mol. The molecule has 10 nitrogen and oxygen atoms in total. The molecule has 0 spiro atoms. The highest BCUT2D eigenvalue weighted by Gasteiger charge is 2.31. The SMILES string of the molecule is CCCn1nc(-c2cnco2)c2c1CCN(C(=O)c1ccc([N+](=O)[O-])o1)C2. The molecule has 140 valence electrons. The standard InChI is InChI=1S/C17H17N5O5/c1-2-6-21-12-5-7-20(17(23)13-3-4-15(27-13)22(24)25)9-11(12)16(19-21)14-8-18-10-26-14/h3-4,8,10H,2,5-7,9H2,1H3. The van der Waals surface area contributed by atoms with Crippen molar-refractivity contribution in [1.82, 2.24) is 19.7 Å². The number of hydrogen-bond acceptors (Lipinski definition) is 7. The molecule has 10 heteroatoms. The molecule has 1 amide bonds. The maximum atomic E-state index is 12.7. The molecule has 0 N–H and O–H groups in total. The minimum Gasteiger partial charge on any atom is -0.442 e. The van der Waals surface area contributed by atoms with Crippen LogP contribution in [0.2, 0.25) is 0 Å². The molecule has 0 atom stereocenters. The zero-order chi connectivity index (χ0) is 19.0. The summed E-state index contributed by atoms with van der Waals surface area (Å²) in [6.45, 7) is 3.65. The summed E-state index contributed by atoms with van der Waals surface area (Å²) in [4.78, 5) is 28.4. The van der Waals surface area contributed by atoms with Gasteiger partial charge in [0.15, 0.2) is 17.9 Å². The van der Waals surface area contributed by atoms with Crippen molar-refractivity contribution < 1.29 is 18.6 Å². The van der Waals surface area contributed by atoms with Crippen LogP contribution in [0.4, 0.5) is 5.88 Å². The Morgan fingerprint density at radius 1 is 1.41 bits per heavy atom. The van der Waals surface area contributed by atoms with Crippen molar-refractivity contribution in [3.05, 3.63) is 51.9 Å². The highest BCUT2D eigenvalue weighted by Crippen LogP contribution is 2.31. The fourth-order valence-corrected chi connectivity index (χ4v) is 3.29. The molecule has 0 bridgehead atoms. The Labute approximate surface area is 153 Å². The van der Waals surface area contributed by atoms with E-state index < -0.39 is 10.8 Å². The molecule has 3 aromatic heterocycles. The van der Waals surface area contributed by atoms with Gasteiger partial charge in [0, 0.05) is 30.8 Å². The van der Waals surface area contributed by atoms with E-state index in [4.69, 9.17) is 8.83 Å². The highest BCUT2D eigenvalue weighted by atomic mass is 16.6. The van der Waals surface area contributed by atoms with Crippen LogP contribution in [0.15, 0.2) is 33.6 Å². The van der Waals surface area contributed by atoms with Gasteiger partial charge in [-0.05, 0) is 12.5 Å². The molecule has 0 saturated carbocycles. The number of aryl methyl sites for hydroxylation is 1. The Hall–Kier alpha value is -3.43. The molecule has 3 aromatic rings. The molecular formula is C17H17N5O5. The van der Waals surface area contributed by atoms with Gasteiger partial charge in [-0.3, -0.25) is 19.6 Å². The van der Waals surface area contributed by atoms with Crippen LogP contribution >= 0.6 is 0 Å². The quantitative estimate of drug-likeness (QED) is 0.499. The number of fused-ring (bicyclic) bond motifs is 1. The van der Waals surface area contributed by atoms with E-state index in [1.54, 1.807) is 11.1 Å². The fraction of sp³-hybridized carbons (Fsp3) is 0.353. The van der Waals surface area contributed by atoms with E-state index in [1.807, 2.05) is 4.68 Å². The summed E-state index contributed by atoms with van der Waals surface area (Å²) in [6.07, 6.45) is 4.50. The number of carbonyl (C=O) groups is 1. The number of nitrogens with zero attached hydrogens (tertiary/aromatic N) is 5. The van der Waals surface area contributed by atoms with Crippen LogP contribution in [0.3, 0.4) is 0 Å². The number of aromatic nitrogens is 3. The first-order chi connectivity index (χ1) is 13.1. The van der Waals surface area contributed by atoms with E-state index in [0.29, 0.717) is 31.0 Å². The Morgan fingerprint density at radius 3 is 2.93 bits per heavy atom. The van der Waals surface area contributed by atoms with Gasteiger partial charge in [-0.1, -0.05) is 6.92 Å². The molecule has 0 unspecified atom stereocenters. The fourth-order valence-electron chi connectivity index (χ4n) is 3.29. The number of carbonyl (C=O) groups excluding carboxylic acids is 1. The molecule has 0 aliphatic carbocycles. The third-order valence-corrected chi connectivity index (χ3v) is 4.50. The van der Waals surface area contributed by atoms with E-state index in [9.17, 15) is 14.9 Å². The number of rotatable bonds is 5. The smallest absolute Gasteiger partial charge is 0.433 e. The third kappa shape index (κ3) is 2.98. The predicted octanol–water partition coefficient (Wildman–Crippen LogP) is 2.65. The second kappa shape index (κ2) is 6.71. The normalized spacial score (nSPS) is 13.6. The van der Waals surface area contributed by atoms with Gasteiger partial charge in [0.2, 0.25) is 0 Å². The van der Waals surface area contributed by atoms with Crippen LogP contribution in [-0.4, -0.2) is 37.0 Å². The maximum absolute atomic E-state index is 12.7. The van der Waals surface area contributed by atoms with Crippen molar-refractivity contribution in [2.24, 2.45) is 0 Å². The van der Waals surface area contributed by atoms with Gasteiger partial charge in [-0.2, -0.15) is 5.10 Å². The minimum absolute atomic E-state index is 0.0488. The van der Waals surface area contributed by atoms with Gasteiger partial charge in [-0.15, -0.1) is 0 Å². The average molecular weight is 371 g/mol. The van der Waals surface area contributed by atoms with Crippen molar-refractivity contribution in [2.75, 3.05) is 6.54 Å².